The highest BCUT2D eigenvalue weighted by atomic mass is 16.1. The van der Waals surface area contributed by atoms with E-state index < -0.39 is 0 Å². The van der Waals surface area contributed by atoms with Crippen LogP contribution in [0.5, 0.6) is 0 Å². The maximum absolute atomic E-state index is 11.8. The molecule has 2 rings (SSSR count). The Bertz CT molecular complexity index is 592. The summed E-state index contributed by atoms with van der Waals surface area (Å²) in [5.74, 6) is 0.413. The summed E-state index contributed by atoms with van der Waals surface area (Å²) >= 11 is 0. The Kier molecular flexibility index (Phi) is 6.28. The molecular weight excluding hydrogens is 284 g/mol. The molecule has 2 heteroatoms. The average molecular weight is 308 g/mol. The summed E-state index contributed by atoms with van der Waals surface area (Å²) in [5.41, 5.74) is 3.92. The Morgan fingerprint density at radius 3 is 1.30 bits per heavy atom. The molecule has 0 atom stereocenters. The fraction of sp³-hybridized carbons (Fsp3) is 0.333. The summed E-state index contributed by atoms with van der Waals surface area (Å²) in [6.45, 7) is 4.03. The quantitative estimate of drug-likeness (QED) is 0.625. The van der Waals surface area contributed by atoms with E-state index in [1.807, 2.05) is 62.4 Å². The average Bonchev–Trinajstić information content (AvgIpc) is 2.56. The Labute approximate surface area is 138 Å². The predicted molar refractivity (Wildman–Crippen MR) is 94.2 cm³/mol. The number of rotatable bonds is 8. The summed E-state index contributed by atoms with van der Waals surface area (Å²) in [4.78, 5) is 23.7. The Balaban J connectivity index is 2.02. The molecule has 2 aromatic rings. The Morgan fingerprint density at radius 2 is 1.00 bits per heavy atom. The van der Waals surface area contributed by atoms with E-state index in [0.717, 1.165) is 30.4 Å². The van der Waals surface area contributed by atoms with Crippen LogP contribution in [0.15, 0.2) is 48.5 Å². The minimum Gasteiger partial charge on any atom is -0.294 e. The van der Waals surface area contributed by atoms with E-state index in [2.05, 4.69) is 0 Å². The molecule has 0 amide bonds. The van der Waals surface area contributed by atoms with Crippen LogP contribution >= 0.6 is 0 Å². The highest BCUT2D eigenvalue weighted by Crippen LogP contribution is 2.14. The molecule has 0 N–H and O–H groups in total. The third-order valence-electron chi connectivity index (χ3n) is 3.91. The van der Waals surface area contributed by atoms with Gasteiger partial charge in [0.1, 0.15) is 0 Å². The molecule has 0 aliphatic carbocycles. The highest BCUT2D eigenvalue weighted by molar-refractivity contribution is 5.96. The zero-order valence-electron chi connectivity index (χ0n) is 14.0. The number of hydrogen-bond acceptors (Lipinski definition) is 2. The number of hydrogen-bond donors (Lipinski definition) is 0. The molecular formula is C21H24O2. The fourth-order valence-electron chi connectivity index (χ4n) is 2.60. The SMILES string of the molecule is CCCC(=O)c1ccc(Cc2ccc(C(=O)CCC)cc2)cc1. The van der Waals surface area contributed by atoms with Gasteiger partial charge in [0.05, 0.1) is 0 Å². The van der Waals surface area contributed by atoms with Crippen LogP contribution in [0.3, 0.4) is 0 Å². The second-order valence-electron chi connectivity index (χ2n) is 5.92. The van der Waals surface area contributed by atoms with Crippen molar-refractivity contribution in [1.82, 2.24) is 0 Å². The first-order valence-electron chi connectivity index (χ1n) is 8.38. The standard InChI is InChI=1S/C21H24O2/c1-3-5-20(22)18-11-7-16(8-12-18)15-17-9-13-19(14-10-17)21(23)6-4-2/h7-14H,3-6,15H2,1-2H3. The van der Waals surface area contributed by atoms with Crippen LogP contribution in [0.4, 0.5) is 0 Å². The lowest BCUT2D eigenvalue weighted by molar-refractivity contribution is 0.0973. The van der Waals surface area contributed by atoms with E-state index in [4.69, 9.17) is 0 Å². The van der Waals surface area contributed by atoms with Crippen molar-refractivity contribution in [1.29, 1.82) is 0 Å². The smallest absolute Gasteiger partial charge is 0.162 e. The van der Waals surface area contributed by atoms with Gasteiger partial charge in [0, 0.05) is 24.0 Å². The van der Waals surface area contributed by atoms with E-state index in [1.54, 1.807) is 0 Å². The summed E-state index contributed by atoms with van der Waals surface area (Å²) in [5, 5.41) is 0. The molecule has 0 radical (unpaired) electrons. The van der Waals surface area contributed by atoms with E-state index in [9.17, 15) is 9.59 Å². The van der Waals surface area contributed by atoms with Crippen LogP contribution < -0.4 is 0 Å². The van der Waals surface area contributed by atoms with Crippen molar-refractivity contribution in [3.63, 3.8) is 0 Å². The van der Waals surface area contributed by atoms with Crippen molar-refractivity contribution in [3.05, 3.63) is 70.8 Å². The van der Waals surface area contributed by atoms with E-state index >= 15 is 0 Å². The monoisotopic (exact) mass is 308 g/mol. The van der Waals surface area contributed by atoms with Crippen molar-refractivity contribution < 1.29 is 9.59 Å². The normalized spacial score (nSPS) is 10.5. The molecule has 0 aromatic heterocycles. The molecule has 0 heterocycles. The molecule has 0 saturated heterocycles. The largest absolute Gasteiger partial charge is 0.294 e. The van der Waals surface area contributed by atoms with Gasteiger partial charge in [-0.3, -0.25) is 9.59 Å². The predicted octanol–water partition coefficient (Wildman–Crippen LogP) is 5.24. The van der Waals surface area contributed by atoms with Crippen LogP contribution in [-0.2, 0) is 6.42 Å². The fourth-order valence-corrected chi connectivity index (χ4v) is 2.60. The lowest BCUT2D eigenvalue weighted by atomic mass is 9.99. The van der Waals surface area contributed by atoms with Crippen LogP contribution in [0.1, 0.15) is 71.4 Å². The molecule has 0 aliphatic heterocycles. The minimum atomic E-state index is 0.206. The van der Waals surface area contributed by atoms with Gasteiger partial charge in [0.15, 0.2) is 11.6 Å². The minimum absolute atomic E-state index is 0.206. The first-order chi connectivity index (χ1) is 11.1. The number of ketones is 2. The number of carbonyl (C=O) groups is 2. The summed E-state index contributed by atoms with van der Waals surface area (Å²) in [7, 11) is 0. The molecule has 0 saturated carbocycles. The topological polar surface area (TPSA) is 34.1 Å². The lowest BCUT2D eigenvalue weighted by Crippen LogP contribution is -1.99. The summed E-state index contributed by atoms with van der Waals surface area (Å²) in [6.07, 6.45) is 3.77. The second kappa shape index (κ2) is 8.42. The van der Waals surface area contributed by atoms with Gasteiger partial charge in [0.2, 0.25) is 0 Å². The maximum Gasteiger partial charge on any atom is 0.162 e. The van der Waals surface area contributed by atoms with Crippen LogP contribution in [-0.4, -0.2) is 11.6 Å². The first kappa shape index (κ1) is 17.1. The zero-order valence-corrected chi connectivity index (χ0v) is 14.0. The molecule has 2 aromatic carbocycles. The molecule has 0 unspecified atom stereocenters. The first-order valence-corrected chi connectivity index (χ1v) is 8.38. The summed E-state index contributed by atoms with van der Waals surface area (Å²) in [6, 6.07) is 15.7. The van der Waals surface area contributed by atoms with Gasteiger partial charge in [-0.1, -0.05) is 62.4 Å². The van der Waals surface area contributed by atoms with Gasteiger partial charge in [-0.25, -0.2) is 0 Å². The molecule has 23 heavy (non-hydrogen) atoms. The lowest BCUT2D eigenvalue weighted by Gasteiger charge is -2.05. The van der Waals surface area contributed by atoms with Gasteiger partial charge < -0.3 is 0 Å². The molecule has 0 fully saturated rings. The van der Waals surface area contributed by atoms with E-state index in [0.29, 0.717) is 12.8 Å². The van der Waals surface area contributed by atoms with Crippen LogP contribution in [0.2, 0.25) is 0 Å². The van der Waals surface area contributed by atoms with Crippen molar-refractivity contribution in [3.8, 4) is 0 Å². The highest BCUT2D eigenvalue weighted by Gasteiger charge is 2.06. The zero-order chi connectivity index (χ0) is 16.7. The van der Waals surface area contributed by atoms with Crippen molar-refractivity contribution >= 4 is 11.6 Å². The van der Waals surface area contributed by atoms with Gasteiger partial charge >= 0.3 is 0 Å². The molecule has 0 aliphatic rings. The molecule has 120 valence electrons. The van der Waals surface area contributed by atoms with Gasteiger partial charge in [-0.15, -0.1) is 0 Å². The third kappa shape index (κ3) is 4.88. The molecule has 2 nitrogen and oxygen atoms in total. The van der Waals surface area contributed by atoms with Gasteiger partial charge in [-0.05, 0) is 30.4 Å². The van der Waals surface area contributed by atoms with E-state index in [1.165, 1.54) is 11.1 Å². The molecule has 0 spiro atoms. The van der Waals surface area contributed by atoms with Gasteiger partial charge in [0.25, 0.3) is 0 Å². The van der Waals surface area contributed by atoms with E-state index in [-0.39, 0.29) is 11.6 Å². The van der Waals surface area contributed by atoms with Crippen molar-refractivity contribution in [2.24, 2.45) is 0 Å². The van der Waals surface area contributed by atoms with Crippen LogP contribution in [0, 0.1) is 0 Å². The summed E-state index contributed by atoms with van der Waals surface area (Å²) < 4.78 is 0. The Hall–Kier alpha value is -2.22. The molecule has 0 bridgehead atoms. The Morgan fingerprint density at radius 1 is 0.652 bits per heavy atom. The number of carbonyl (C=O) groups excluding carboxylic acids is 2. The number of benzene rings is 2. The third-order valence-corrected chi connectivity index (χ3v) is 3.91. The van der Waals surface area contributed by atoms with Crippen LogP contribution in [0.25, 0.3) is 0 Å². The van der Waals surface area contributed by atoms with Crippen molar-refractivity contribution in [2.45, 2.75) is 46.0 Å². The van der Waals surface area contributed by atoms with Crippen molar-refractivity contribution in [2.75, 3.05) is 0 Å². The van der Waals surface area contributed by atoms with Gasteiger partial charge in [-0.2, -0.15) is 0 Å². The second-order valence-corrected chi connectivity index (χ2v) is 5.92. The number of Topliss-reactive ketones (excluding diaryl/α,β-unsaturated/α-hetero) is 2. The maximum atomic E-state index is 11.8.